The highest BCUT2D eigenvalue weighted by molar-refractivity contribution is 5.50. The Morgan fingerprint density at radius 3 is 2.56 bits per heavy atom. The van der Waals surface area contributed by atoms with Crippen LogP contribution < -0.4 is 0 Å². The summed E-state index contributed by atoms with van der Waals surface area (Å²) in [5.41, 5.74) is 1.50. The Bertz CT molecular complexity index is 451. The van der Waals surface area contributed by atoms with E-state index in [1.165, 1.54) is 12.0 Å². The normalized spacial score (nSPS) is 23.4. The van der Waals surface area contributed by atoms with Crippen LogP contribution in [0, 0.1) is 29.6 Å². The molecule has 1 unspecified atom stereocenters. The van der Waals surface area contributed by atoms with E-state index in [4.69, 9.17) is 4.74 Å². The number of rotatable bonds is 11. The Hall–Kier alpha value is -1.35. The smallest absolute Gasteiger partial charge is 0.187 e. The maximum Gasteiger partial charge on any atom is 0.187 e. The van der Waals surface area contributed by atoms with Crippen molar-refractivity contribution in [3.63, 3.8) is 0 Å². The minimum absolute atomic E-state index is 0.344. The van der Waals surface area contributed by atoms with Crippen molar-refractivity contribution < 1.29 is 14.3 Å². The summed E-state index contributed by atoms with van der Waals surface area (Å²) < 4.78 is 9.44. The monoisotopic (exact) mass is 378 g/mol. The van der Waals surface area contributed by atoms with Gasteiger partial charge in [0.05, 0.1) is 6.26 Å². The van der Waals surface area contributed by atoms with E-state index in [1.807, 2.05) is 19.1 Å². The van der Waals surface area contributed by atoms with Crippen LogP contribution >= 0.6 is 0 Å². The SMILES string of the molecule is C=CCC(C)C[C@H]1C(C)=CC[C@H](C(C)C)[C@H]1CC=O.CC/C=C\OCOC. The van der Waals surface area contributed by atoms with Crippen molar-refractivity contribution in [3.05, 3.63) is 36.6 Å². The van der Waals surface area contributed by atoms with E-state index < -0.39 is 0 Å². The summed E-state index contributed by atoms with van der Waals surface area (Å²) in [5.74, 6) is 3.10. The Morgan fingerprint density at radius 1 is 1.33 bits per heavy atom. The number of allylic oxidation sites excluding steroid dienone is 4. The van der Waals surface area contributed by atoms with E-state index in [0.717, 1.165) is 32.0 Å². The summed E-state index contributed by atoms with van der Waals surface area (Å²) >= 11 is 0. The lowest BCUT2D eigenvalue weighted by molar-refractivity contribution is -0.109. The quantitative estimate of drug-likeness (QED) is 0.134. The Morgan fingerprint density at radius 2 is 2.04 bits per heavy atom. The summed E-state index contributed by atoms with van der Waals surface area (Å²) in [4.78, 5) is 11.1. The van der Waals surface area contributed by atoms with Gasteiger partial charge in [-0.2, -0.15) is 0 Å². The second-order valence-electron chi connectivity index (χ2n) is 7.98. The van der Waals surface area contributed by atoms with Gasteiger partial charge in [-0.1, -0.05) is 45.4 Å². The molecule has 0 fully saturated rings. The second-order valence-corrected chi connectivity index (χ2v) is 7.98. The molecule has 0 aliphatic heterocycles. The number of aldehydes is 1. The molecule has 156 valence electrons. The van der Waals surface area contributed by atoms with Crippen molar-refractivity contribution in [2.75, 3.05) is 13.9 Å². The molecule has 0 saturated carbocycles. The third kappa shape index (κ3) is 10.5. The van der Waals surface area contributed by atoms with Crippen molar-refractivity contribution in [2.45, 2.75) is 66.7 Å². The molecule has 0 heterocycles. The maximum absolute atomic E-state index is 11.1. The van der Waals surface area contributed by atoms with E-state index in [-0.39, 0.29) is 0 Å². The lowest BCUT2D eigenvalue weighted by atomic mass is 9.65. The van der Waals surface area contributed by atoms with Gasteiger partial charge < -0.3 is 14.3 Å². The van der Waals surface area contributed by atoms with Crippen LogP contribution in [-0.4, -0.2) is 20.2 Å². The molecule has 0 spiro atoms. The molecule has 0 amide bonds. The van der Waals surface area contributed by atoms with Crippen LogP contribution in [0.3, 0.4) is 0 Å². The Labute approximate surface area is 167 Å². The van der Waals surface area contributed by atoms with Crippen LogP contribution in [-0.2, 0) is 14.3 Å². The largest absolute Gasteiger partial charge is 0.476 e. The van der Waals surface area contributed by atoms with Gasteiger partial charge in [-0.3, -0.25) is 0 Å². The minimum Gasteiger partial charge on any atom is -0.476 e. The summed E-state index contributed by atoms with van der Waals surface area (Å²) in [7, 11) is 1.60. The summed E-state index contributed by atoms with van der Waals surface area (Å²) in [6.07, 6.45) is 14.3. The molecule has 0 aromatic heterocycles. The standard InChI is InChI=1S/C18H30O.C6H12O2/c1-6-7-14(4)12-18-15(5)8-9-16(13(2)3)17(18)10-11-19;1-3-4-5-8-6-7-2/h6,8,11,13-14,16-18H,1,7,9-10,12H2,2-5H3;4-5H,3,6H2,1-2H3/b;5-4-/t14?,16-,17-,18+;/m1./s1. The average Bonchev–Trinajstić information content (AvgIpc) is 2.62. The van der Waals surface area contributed by atoms with Crippen LogP contribution in [0.15, 0.2) is 36.6 Å². The van der Waals surface area contributed by atoms with Crippen molar-refractivity contribution in [2.24, 2.45) is 29.6 Å². The van der Waals surface area contributed by atoms with Crippen LogP contribution in [0.1, 0.15) is 66.7 Å². The zero-order valence-corrected chi connectivity index (χ0v) is 18.4. The average molecular weight is 379 g/mol. The molecular formula is C24H42O3. The van der Waals surface area contributed by atoms with Gasteiger partial charge in [-0.15, -0.1) is 6.58 Å². The number of hydrogen-bond donors (Lipinski definition) is 0. The molecule has 3 heteroatoms. The molecule has 3 nitrogen and oxygen atoms in total. The topological polar surface area (TPSA) is 35.5 Å². The molecule has 0 aromatic carbocycles. The molecule has 0 saturated heterocycles. The molecule has 0 N–H and O–H groups in total. The third-order valence-corrected chi connectivity index (χ3v) is 5.43. The highest BCUT2D eigenvalue weighted by Crippen LogP contribution is 2.43. The van der Waals surface area contributed by atoms with Gasteiger partial charge in [0.25, 0.3) is 0 Å². The molecule has 0 bridgehead atoms. The van der Waals surface area contributed by atoms with Gasteiger partial charge in [0.2, 0.25) is 0 Å². The lowest BCUT2D eigenvalue weighted by Crippen LogP contribution is -2.32. The molecule has 4 atom stereocenters. The number of hydrogen-bond acceptors (Lipinski definition) is 3. The van der Waals surface area contributed by atoms with Gasteiger partial charge in [0, 0.05) is 13.5 Å². The molecule has 27 heavy (non-hydrogen) atoms. The second kappa shape index (κ2) is 15.7. The van der Waals surface area contributed by atoms with Crippen molar-refractivity contribution in [3.8, 4) is 0 Å². The summed E-state index contributed by atoms with van der Waals surface area (Å²) in [6.45, 7) is 15.4. The lowest BCUT2D eigenvalue weighted by Gasteiger charge is -2.40. The van der Waals surface area contributed by atoms with E-state index in [1.54, 1.807) is 13.4 Å². The number of carbonyl (C=O) groups excluding carboxylic acids is 1. The van der Waals surface area contributed by atoms with E-state index >= 15 is 0 Å². The zero-order chi connectivity index (χ0) is 20.7. The fourth-order valence-corrected chi connectivity index (χ4v) is 3.95. The van der Waals surface area contributed by atoms with Crippen molar-refractivity contribution >= 4 is 6.29 Å². The Balaban J connectivity index is 0.000000713. The molecular weight excluding hydrogens is 336 g/mol. The van der Waals surface area contributed by atoms with Crippen molar-refractivity contribution in [1.29, 1.82) is 0 Å². The van der Waals surface area contributed by atoms with Crippen molar-refractivity contribution in [1.82, 2.24) is 0 Å². The molecule has 0 aromatic rings. The fourth-order valence-electron chi connectivity index (χ4n) is 3.95. The zero-order valence-electron chi connectivity index (χ0n) is 18.4. The Kier molecular flexibility index (Phi) is 14.9. The molecule has 0 radical (unpaired) electrons. The van der Waals surface area contributed by atoms with E-state index in [2.05, 4.69) is 45.1 Å². The number of carbonyl (C=O) groups is 1. The van der Waals surface area contributed by atoms with Gasteiger partial charge in [0.1, 0.15) is 6.29 Å². The van der Waals surface area contributed by atoms with Crippen LogP contribution in [0.25, 0.3) is 0 Å². The molecule has 1 aliphatic rings. The number of methoxy groups -OCH3 is 1. The fraction of sp³-hybridized carbons (Fsp3) is 0.708. The third-order valence-electron chi connectivity index (χ3n) is 5.43. The molecule has 1 aliphatic carbocycles. The van der Waals surface area contributed by atoms with Gasteiger partial charge >= 0.3 is 0 Å². The first kappa shape index (κ1) is 25.6. The number of ether oxygens (including phenoxy) is 2. The first-order valence-electron chi connectivity index (χ1n) is 10.4. The van der Waals surface area contributed by atoms with Gasteiger partial charge in [0.15, 0.2) is 6.79 Å². The van der Waals surface area contributed by atoms with Crippen LogP contribution in [0.4, 0.5) is 0 Å². The predicted octanol–water partition coefficient (Wildman–Crippen LogP) is 6.56. The van der Waals surface area contributed by atoms with Crippen LogP contribution in [0.5, 0.6) is 0 Å². The first-order chi connectivity index (χ1) is 12.9. The highest BCUT2D eigenvalue weighted by Gasteiger charge is 2.34. The first-order valence-corrected chi connectivity index (χ1v) is 10.4. The van der Waals surface area contributed by atoms with Crippen LogP contribution in [0.2, 0.25) is 0 Å². The van der Waals surface area contributed by atoms with E-state index in [0.29, 0.717) is 36.4 Å². The maximum atomic E-state index is 11.1. The minimum atomic E-state index is 0.344. The van der Waals surface area contributed by atoms with Gasteiger partial charge in [-0.25, -0.2) is 0 Å². The molecule has 1 rings (SSSR count). The predicted molar refractivity (Wildman–Crippen MR) is 115 cm³/mol. The summed E-state index contributed by atoms with van der Waals surface area (Å²) in [6, 6.07) is 0. The highest BCUT2D eigenvalue weighted by atomic mass is 16.7. The van der Waals surface area contributed by atoms with Gasteiger partial charge in [-0.05, 0) is 68.3 Å². The summed E-state index contributed by atoms with van der Waals surface area (Å²) in [5, 5.41) is 0. The van der Waals surface area contributed by atoms with E-state index in [9.17, 15) is 4.79 Å².